The predicted octanol–water partition coefficient (Wildman–Crippen LogP) is 3.74. The van der Waals surface area contributed by atoms with Gasteiger partial charge < -0.3 is 5.32 Å². The highest BCUT2D eigenvalue weighted by Gasteiger charge is 2.17. The lowest BCUT2D eigenvalue weighted by atomic mass is 10.1. The number of rotatable bonds is 4. The SMILES string of the molecule is O=C(Nc1ccc(F)cc1)C1=CCN(Cc2ccc(F)cc2)CC1. The van der Waals surface area contributed by atoms with E-state index in [2.05, 4.69) is 10.2 Å². The van der Waals surface area contributed by atoms with E-state index in [1.165, 1.54) is 36.4 Å². The van der Waals surface area contributed by atoms with E-state index in [0.717, 1.165) is 24.2 Å². The maximum atomic E-state index is 12.9. The van der Waals surface area contributed by atoms with E-state index in [-0.39, 0.29) is 17.5 Å². The summed E-state index contributed by atoms with van der Waals surface area (Å²) >= 11 is 0. The molecule has 1 aliphatic heterocycles. The Bertz CT molecular complexity index is 739. The van der Waals surface area contributed by atoms with Gasteiger partial charge in [0.05, 0.1) is 0 Å². The van der Waals surface area contributed by atoms with E-state index in [1.807, 2.05) is 6.08 Å². The van der Waals surface area contributed by atoms with Crippen molar-refractivity contribution in [3.63, 3.8) is 0 Å². The Labute approximate surface area is 139 Å². The summed E-state index contributed by atoms with van der Waals surface area (Å²) in [7, 11) is 0. The highest BCUT2D eigenvalue weighted by Crippen LogP contribution is 2.17. The first kappa shape index (κ1) is 16.3. The number of amides is 1. The third-order valence-electron chi connectivity index (χ3n) is 4.01. The zero-order valence-electron chi connectivity index (χ0n) is 13.1. The van der Waals surface area contributed by atoms with Gasteiger partial charge in [-0.25, -0.2) is 8.78 Å². The molecule has 0 radical (unpaired) electrons. The van der Waals surface area contributed by atoms with Crippen LogP contribution in [0.2, 0.25) is 0 Å². The quantitative estimate of drug-likeness (QED) is 0.927. The number of hydrogen-bond acceptors (Lipinski definition) is 2. The molecule has 0 atom stereocenters. The average Bonchev–Trinajstić information content (AvgIpc) is 2.59. The Balaban J connectivity index is 1.55. The molecule has 0 aliphatic carbocycles. The second-order valence-electron chi connectivity index (χ2n) is 5.80. The molecule has 0 fully saturated rings. The first-order valence-electron chi connectivity index (χ1n) is 7.83. The molecule has 5 heteroatoms. The van der Waals surface area contributed by atoms with Gasteiger partial charge in [0, 0.05) is 30.9 Å². The lowest BCUT2D eigenvalue weighted by Crippen LogP contribution is -2.31. The van der Waals surface area contributed by atoms with Crippen molar-refractivity contribution in [2.45, 2.75) is 13.0 Å². The van der Waals surface area contributed by atoms with Crippen molar-refractivity contribution in [2.75, 3.05) is 18.4 Å². The molecule has 0 saturated carbocycles. The van der Waals surface area contributed by atoms with Crippen molar-refractivity contribution >= 4 is 11.6 Å². The van der Waals surface area contributed by atoms with Gasteiger partial charge in [-0.2, -0.15) is 0 Å². The van der Waals surface area contributed by atoms with Gasteiger partial charge in [0.25, 0.3) is 5.91 Å². The lowest BCUT2D eigenvalue weighted by Gasteiger charge is -2.26. The molecule has 0 unspecified atom stereocenters. The van der Waals surface area contributed by atoms with Crippen LogP contribution in [0.5, 0.6) is 0 Å². The van der Waals surface area contributed by atoms with Crippen LogP contribution in [0, 0.1) is 11.6 Å². The molecule has 0 spiro atoms. The van der Waals surface area contributed by atoms with Crippen molar-refractivity contribution < 1.29 is 13.6 Å². The molecule has 2 aromatic carbocycles. The Morgan fingerprint density at radius 3 is 2.21 bits per heavy atom. The van der Waals surface area contributed by atoms with E-state index in [9.17, 15) is 13.6 Å². The van der Waals surface area contributed by atoms with Gasteiger partial charge in [0.2, 0.25) is 0 Å². The number of benzene rings is 2. The Morgan fingerprint density at radius 2 is 1.62 bits per heavy atom. The predicted molar refractivity (Wildman–Crippen MR) is 89.4 cm³/mol. The second kappa shape index (κ2) is 7.36. The Morgan fingerprint density at radius 1 is 1.00 bits per heavy atom. The molecule has 3 nitrogen and oxygen atoms in total. The zero-order valence-corrected chi connectivity index (χ0v) is 13.1. The third-order valence-corrected chi connectivity index (χ3v) is 4.01. The number of carbonyl (C=O) groups is 1. The minimum Gasteiger partial charge on any atom is -0.322 e. The monoisotopic (exact) mass is 328 g/mol. The summed E-state index contributed by atoms with van der Waals surface area (Å²) in [6.45, 7) is 2.16. The van der Waals surface area contributed by atoms with Crippen molar-refractivity contribution in [3.8, 4) is 0 Å². The molecule has 1 N–H and O–H groups in total. The molecule has 0 saturated heterocycles. The molecule has 0 aromatic heterocycles. The van der Waals surface area contributed by atoms with E-state index in [1.54, 1.807) is 12.1 Å². The van der Waals surface area contributed by atoms with E-state index in [0.29, 0.717) is 18.7 Å². The zero-order chi connectivity index (χ0) is 16.9. The summed E-state index contributed by atoms with van der Waals surface area (Å²) in [6.07, 6.45) is 2.56. The van der Waals surface area contributed by atoms with Crippen molar-refractivity contribution in [2.24, 2.45) is 0 Å². The lowest BCUT2D eigenvalue weighted by molar-refractivity contribution is -0.113. The molecule has 1 amide bonds. The summed E-state index contributed by atoms with van der Waals surface area (Å²) in [5.74, 6) is -0.721. The fourth-order valence-corrected chi connectivity index (χ4v) is 2.65. The summed E-state index contributed by atoms with van der Waals surface area (Å²) in [5, 5.41) is 2.78. The first-order chi connectivity index (χ1) is 11.6. The summed E-state index contributed by atoms with van der Waals surface area (Å²) in [6, 6.07) is 12.2. The van der Waals surface area contributed by atoms with Crippen LogP contribution in [0.25, 0.3) is 0 Å². The normalized spacial score (nSPS) is 15.0. The Kier molecular flexibility index (Phi) is 5.01. The van der Waals surface area contributed by atoms with Crippen molar-refractivity contribution in [1.29, 1.82) is 0 Å². The number of halogens is 2. The molecule has 1 aliphatic rings. The fourth-order valence-electron chi connectivity index (χ4n) is 2.65. The molecule has 1 heterocycles. The van der Waals surface area contributed by atoms with Gasteiger partial charge in [-0.15, -0.1) is 0 Å². The molecule has 2 aromatic rings. The molecule has 0 bridgehead atoms. The maximum absolute atomic E-state index is 12.9. The topological polar surface area (TPSA) is 32.3 Å². The summed E-state index contributed by atoms with van der Waals surface area (Å²) in [4.78, 5) is 14.4. The number of nitrogens with one attached hydrogen (secondary N) is 1. The van der Waals surface area contributed by atoms with Crippen molar-refractivity contribution in [1.82, 2.24) is 4.90 Å². The van der Waals surface area contributed by atoms with Gasteiger partial charge in [-0.1, -0.05) is 18.2 Å². The van der Waals surface area contributed by atoms with Crippen molar-refractivity contribution in [3.05, 3.63) is 77.4 Å². The minimum atomic E-state index is -0.332. The van der Waals surface area contributed by atoms with Gasteiger partial charge in [0.15, 0.2) is 0 Å². The number of carbonyl (C=O) groups excluding carboxylic acids is 1. The second-order valence-corrected chi connectivity index (χ2v) is 5.80. The van der Waals surface area contributed by atoms with Gasteiger partial charge in [-0.05, 0) is 48.4 Å². The molecule has 24 heavy (non-hydrogen) atoms. The molecule has 124 valence electrons. The summed E-state index contributed by atoms with van der Waals surface area (Å²) < 4.78 is 25.8. The van der Waals surface area contributed by atoms with E-state index < -0.39 is 0 Å². The molecular formula is C19H18F2N2O. The smallest absolute Gasteiger partial charge is 0.251 e. The Hall–Kier alpha value is -2.53. The van der Waals surface area contributed by atoms with Crippen LogP contribution in [-0.2, 0) is 11.3 Å². The van der Waals surface area contributed by atoms with E-state index in [4.69, 9.17) is 0 Å². The summed E-state index contributed by atoms with van der Waals surface area (Å²) in [5.41, 5.74) is 2.36. The van der Waals surface area contributed by atoms with Crippen LogP contribution in [0.3, 0.4) is 0 Å². The average molecular weight is 328 g/mol. The number of nitrogens with zero attached hydrogens (tertiary/aromatic N) is 1. The first-order valence-corrected chi connectivity index (χ1v) is 7.83. The number of hydrogen-bond donors (Lipinski definition) is 1. The van der Waals surface area contributed by atoms with Crippen LogP contribution >= 0.6 is 0 Å². The third kappa shape index (κ3) is 4.26. The molecular weight excluding hydrogens is 310 g/mol. The van der Waals surface area contributed by atoms with Crippen LogP contribution in [0.15, 0.2) is 60.2 Å². The number of anilines is 1. The minimum absolute atomic E-state index is 0.150. The highest BCUT2D eigenvalue weighted by molar-refractivity contribution is 6.03. The van der Waals surface area contributed by atoms with Crippen LogP contribution in [-0.4, -0.2) is 23.9 Å². The fraction of sp³-hybridized carbons (Fsp3) is 0.211. The molecule has 3 rings (SSSR count). The van der Waals surface area contributed by atoms with Crippen LogP contribution < -0.4 is 5.32 Å². The largest absolute Gasteiger partial charge is 0.322 e. The van der Waals surface area contributed by atoms with E-state index >= 15 is 0 Å². The highest BCUT2D eigenvalue weighted by atomic mass is 19.1. The van der Waals surface area contributed by atoms with Gasteiger partial charge >= 0.3 is 0 Å². The van der Waals surface area contributed by atoms with Crippen LogP contribution in [0.1, 0.15) is 12.0 Å². The van der Waals surface area contributed by atoms with Gasteiger partial charge in [0.1, 0.15) is 11.6 Å². The van der Waals surface area contributed by atoms with Crippen LogP contribution in [0.4, 0.5) is 14.5 Å². The standard InChI is InChI=1S/C19H18F2N2O/c20-16-3-1-14(2-4-16)13-23-11-9-15(10-12-23)19(24)22-18-7-5-17(21)6-8-18/h1-9H,10-13H2,(H,22,24). The maximum Gasteiger partial charge on any atom is 0.251 e. The van der Waals surface area contributed by atoms with Gasteiger partial charge in [-0.3, -0.25) is 9.69 Å².